The first-order valence-corrected chi connectivity index (χ1v) is 7.22. The first-order chi connectivity index (χ1) is 10.3. The Morgan fingerprint density at radius 2 is 1.86 bits per heavy atom. The van der Waals surface area contributed by atoms with Crippen molar-refractivity contribution in [3.63, 3.8) is 0 Å². The molecule has 1 N–H and O–H groups in total. The minimum absolute atomic E-state index is 0.513. The summed E-state index contributed by atoms with van der Waals surface area (Å²) in [4.78, 5) is 8.74. The van der Waals surface area contributed by atoms with Crippen LogP contribution in [0, 0.1) is 0 Å². The summed E-state index contributed by atoms with van der Waals surface area (Å²) in [7, 11) is 1.82. The topological polar surface area (TPSA) is 56.3 Å². The van der Waals surface area contributed by atoms with E-state index in [-0.39, 0.29) is 0 Å². The third-order valence-electron chi connectivity index (χ3n) is 2.85. The summed E-state index contributed by atoms with van der Waals surface area (Å²) >= 11 is 0. The number of nitrogens with one attached hydrogen (secondary N) is 1. The van der Waals surface area contributed by atoms with Gasteiger partial charge in [0.05, 0.1) is 6.61 Å². The number of para-hydroxylation sites is 2. The van der Waals surface area contributed by atoms with Gasteiger partial charge in [0.25, 0.3) is 0 Å². The first kappa shape index (κ1) is 15.1. The molecule has 0 saturated carbocycles. The predicted molar refractivity (Wildman–Crippen MR) is 83.3 cm³/mol. The van der Waals surface area contributed by atoms with Crippen LogP contribution in [0.15, 0.2) is 30.3 Å². The fourth-order valence-electron chi connectivity index (χ4n) is 1.79. The summed E-state index contributed by atoms with van der Waals surface area (Å²) in [6, 6.07) is 9.38. The number of anilines is 1. The summed E-state index contributed by atoms with van der Waals surface area (Å²) in [6.45, 7) is 4.74. The van der Waals surface area contributed by atoms with Crippen LogP contribution < -0.4 is 14.8 Å². The van der Waals surface area contributed by atoms with E-state index in [1.807, 2.05) is 38.2 Å². The Balaban J connectivity index is 2.25. The van der Waals surface area contributed by atoms with Gasteiger partial charge in [0.2, 0.25) is 5.88 Å². The molecule has 0 bridgehead atoms. The van der Waals surface area contributed by atoms with Gasteiger partial charge in [-0.2, -0.15) is 4.98 Å². The summed E-state index contributed by atoms with van der Waals surface area (Å²) in [5.74, 6) is 3.38. The molecule has 0 radical (unpaired) electrons. The average Bonchev–Trinajstić information content (AvgIpc) is 2.53. The molecule has 112 valence electrons. The van der Waals surface area contributed by atoms with Gasteiger partial charge in [0, 0.05) is 19.5 Å². The normalized spacial score (nSPS) is 10.2. The lowest BCUT2D eigenvalue weighted by molar-refractivity contribution is 0.300. The van der Waals surface area contributed by atoms with Crippen LogP contribution in [0.2, 0.25) is 0 Å². The molecular formula is C16H21N3O2. The van der Waals surface area contributed by atoms with Gasteiger partial charge in [-0.25, -0.2) is 4.98 Å². The van der Waals surface area contributed by atoms with E-state index in [1.54, 1.807) is 6.07 Å². The first-order valence-electron chi connectivity index (χ1n) is 7.22. The molecule has 0 aliphatic rings. The van der Waals surface area contributed by atoms with Gasteiger partial charge in [-0.05, 0) is 18.6 Å². The number of ether oxygens (including phenoxy) is 2. The number of nitrogens with zero attached hydrogens (tertiary/aromatic N) is 2. The lowest BCUT2D eigenvalue weighted by atomic mass is 10.3. The van der Waals surface area contributed by atoms with E-state index in [9.17, 15) is 0 Å². The molecule has 5 nitrogen and oxygen atoms in total. The lowest BCUT2D eigenvalue weighted by Gasteiger charge is -2.12. The van der Waals surface area contributed by atoms with Gasteiger partial charge >= 0.3 is 0 Å². The second-order valence-electron chi connectivity index (χ2n) is 4.51. The molecule has 0 aliphatic carbocycles. The Kier molecular flexibility index (Phi) is 5.37. The monoisotopic (exact) mass is 287 g/mol. The highest BCUT2D eigenvalue weighted by molar-refractivity contribution is 5.44. The zero-order chi connectivity index (χ0) is 15.1. The molecule has 0 saturated heterocycles. The number of hydrogen-bond acceptors (Lipinski definition) is 5. The molecule has 2 rings (SSSR count). The van der Waals surface area contributed by atoms with Crippen LogP contribution in [-0.4, -0.2) is 23.6 Å². The lowest BCUT2D eigenvalue weighted by Crippen LogP contribution is -2.02. The highest BCUT2D eigenvalue weighted by Crippen LogP contribution is 2.31. The van der Waals surface area contributed by atoms with Crippen LogP contribution in [0.5, 0.6) is 17.4 Å². The Morgan fingerprint density at radius 1 is 1.10 bits per heavy atom. The van der Waals surface area contributed by atoms with E-state index < -0.39 is 0 Å². The standard InChI is InChI=1S/C16H21N3O2/c1-4-10-20-12-8-6-7-9-13(12)21-16-11-15(17-3)18-14(5-2)19-16/h6-9,11H,4-5,10H2,1-3H3,(H,17,18,19). The van der Waals surface area contributed by atoms with Gasteiger partial charge in [-0.3, -0.25) is 0 Å². The second-order valence-corrected chi connectivity index (χ2v) is 4.51. The molecule has 0 unspecified atom stereocenters. The molecule has 0 atom stereocenters. The fraction of sp³-hybridized carbons (Fsp3) is 0.375. The Morgan fingerprint density at radius 3 is 2.52 bits per heavy atom. The van der Waals surface area contributed by atoms with Crippen LogP contribution in [0.3, 0.4) is 0 Å². The van der Waals surface area contributed by atoms with Crippen molar-refractivity contribution in [2.75, 3.05) is 19.0 Å². The zero-order valence-corrected chi connectivity index (χ0v) is 12.7. The van der Waals surface area contributed by atoms with E-state index in [0.717, 1.165) is 30.2 Å². The summed E-state index contributed by atoms with van der Waals surface area (Å²) in [5.41, 5.74) is 0. The largest absolute Gasteiger partial charge is 0.490 e. The van der Waals surface area contributed by atoms with Crippen molar-refractivity contribution in [3.8, 4) is 17.4 Å². The third-order valence-corrected chi connectivity index (χ3v) is 2.85. The second kappa shape index (κ2) is 7.47. The molecule has 1 aromatic carbocycles. The van der Waals surface area contributed by atoms with Crippen molar-refractivity contribution in [1.29, 1.82) is 0 Å². The van der Waals surface area contributed by atoms with Gasteiger partial charge in [0.15, 0.2) is 11.5 Å². The zero-order valence-electron chi connectivity index (χ0n) is 12.7. The average molecular weight is 287 g/mol. The van der Waals surface area contributed by atoms with E-state index in [4.69, 9.17) is 9.47 Å². The van der Waals surface area contributed by atoms with Gasteiger partial charge in [-0.1, -0.05) is 26.0 Å². The maximum absolute atomic E-state index is 5.88. The SMILES string of the molecule is CCCOc1ccccc1Oc1cc(NC)nc(CC)n1. The van der Waals surface area contributed by atoms with Gasteiger partial charge < -0.3 is 14.8 Å². The molecule has 1 heterocycles. The predicted octanol–water partition coefficient (Wildman–Crippen LogP) is 3.66. The molecule has 5 heteroatoms. The van der Waals surface area contributed by atoms with Crippen LogP contribution in [0.1, 0.15) is 26.1 Å². The molecule has 1 aromatic heterocycles. The van der Waals surface area contributed by atoms with Crippen molar-refractivity contribution < 1.29 is 9.47 Å². The molecule has 2 aromatic rings. The molecule has 0 aliphatic heterocycles. The van der Waals surface area contributed by atoms with Crippen LogP contribution in [0.25, 0.3) is 0 Å². The van der Waals surface area contributed by atoms with Gasteiger partial charge in [-0.15, -0.1) is 0 Å². The van der Waals surface area contributed by atoms with E-state index >= 15 is 0 Å². The smallest absolute Gasteiger partial charge is 0.224 e. The molecular weight excluding hydrogens is 266 g/mol. The molecule has 0 amide bonds. The van der Waals surface area contributed by atoms with Crippen molar-refractivity contribution in [3.05, 3.63) is 36.2 Å². The van der Waals surface area contributed by atoms with E-state index in [2.05, 4.69) is 22.2 Å². The van der Waals surface area contributed by atoms with Crippen LogP contribution in [-0.2, 0) is 6.42 Å². The fourth-order valence-corrected chi connectivity index (χ4v) is 1.79. The summed E-state index contributed by atoms with van der Waals surface area (Å²) < 4.78 is 11.6. The highest BCUT2D eigenvalue weighted by Gasteiger charge is 2.09. The van der Waals surface area contributed by atoms with E-state index in [0.29, 0.717) is 18.2 Å². The summed E-state index contributed by atoms with van der Waals surface area (Å²) in [5, 5.41) is 3.01. The van der Waals surface area contributed by atoms with Crippen molar-refractivity contribution in [2.24, 2.45) is 0 Å². The number of aromatic nitrogens is 2. The minimum atomic E-state index is 0.513. The number of aryl methyl sites for hydroxylation is 1. The van der Waals surface area contributed by atoms with Crippen molar-refractivity contribution in [2.45, 2.75) is 26.7 Å². The maximum Gasteiger partial charge on any atom is 0.224 e. The number of hydrogen-bond donors (Lipinski definition) is 1. The van der Waals surface area contributed by atoms with Gasteiger partial charge in [0.1, 0.15) is 11.6 Å². The Bertz CT molecular complexity index is 565. The third kappa shape index (κ3) is 4.08. The van der Waals surface area contributed by atoms with Crippen molar-refractivity contribution >= 4 is 5.82 Å². The molecule has 0 fully saturated rings. The molecule has 0 spiro atoms. The number of rotatable bonds is 7. The molecule has 21 heavy (non-hydrogen) atoms. The van der Waals surface area contributed by atoms with Crippen LogP contribution >= 0.6 is 0 Å². The highest BCUT2D eigenvalue weighted by atomic mass is 16.5. The quantitative estimate of drug-likeness (QED) is 0.842. The maximum atomic E-state index is 5.88. The number of benzene rings is 1. The minimum Gasteiger partial charge on any atom is -0.490 e. The Labute approximate surface area is 125 Å². The Hall–Kier alpha value is -2.30. The summed E-state index contributed by atoms with van der Waals surface area (Å²) in [6.07, 6.45) is 1.70. The van der Waals surface area contributed by atoms with E-state index in [1.165, 1.54) is 0 Å². The van der Waals surface area contributed by atoms with Crippen LogP contribution in [0.4, 0.5) is 5.82 Å². The van der Waals surface area contributed by atoms with Crippen molar-refractivity contribution in [1.82, 2.24) is 9.97 Å².